The topological polar surface area (TPSA) is 79.7 Å². The highest BCUT2D eigenvalue weighted by Gasteiger charge is 2.23. The predicted molar refractivity (Wildman–Crippen MR) is 93.5 cm³/mol. The number of nitrogens with one attached hydrogen (secondary N) is 1. The van der Waals surface area contributed by atoms with Crippen LogP contribution in [0.3, 0.4) is 0 Å². The molecule has 0 aliphatic carbocycles. The molecule has 1 fully saturated rings. The Bertz CT molecular complexity index is 888. The van der Waals surface area contributed by atoms with Gasteiger partial charge in [-0.05, 0) is 31.5 Å². The molecule has 0 amide bonds. The van der Waals surface area contributed by atoms with E-state index in [1.807, 2.05) is 36.5 Å². The first-order valence-electron chi connectivity index (χ1n) is 8.51. The van der Waals surface area contributed by atoms with Crippen LogP contribution in [-0.2, 0) is 6.54 Å². The minimum absolute atomic E-state index is 0.0899. The summed E-state index contributed by atoms with van der Waals surface area (Å²) < 4.78 is 1.80. The van der Waals surface area contributed by atoms with Crippen molar-refractivity contribution < 1.29 is 0 Å². The van der Waals surface area contributed by atoms with E-state index in [9.17, 15) is 4.79 Å². The summed E-state index contributed by atoms with van der Waals surface area (Å²) in [5.41, 5.74) is 2.74. The summed E-state index contributed by atoms with van der Waals surface area (Å²) in [6.45, 7) is 2.67. The third kappa shape index (κ3) is 3.66. The van der Waals surface area contributed by atoms with Gasteiger partial charge in [-0.3, -0.25) is 9.69 Å². The Hall–Kier alpha value is -2.80. The summed E-state index contributed by atoms with van der Waals surface area (Å²) in [6.07, 6.45) is 5.61. The number of hydrogen-bond acceptors (Lipinski definition) is 5. The zero-order valence-corrected chi connectivity index (χ0v) is 13.9. The molecule has 1 aromatic carbocycles. The van der Waals surface area contributed by atoms with Crippen molar-refractivity contribution in [2.24, 2.45) is 0 Å². The summed E-state index contributed by atoms with van der Waals surface area (Å²) in [6, 6.07) is 11.6. The molecule has 7 nitrogen and oxygen atoms in total. The molecule has 4 rings (SSSR count). The van der Waals surface area contributed by atoms with Crippen molar-refractivity contribution in [3.63, 3.8) is 0 Å². The van der Waals surface area contributed by atoms with E-state index in [0.717, 1.165) is 49.6 Å². The number of H-pyrrole nitrogens is 1. The van der Waals surface area contributed by atoms with Crippen molar-refractivity contribution in [2.75, 3.05) is 13.1 Å². The average Bonchev–Trinajstić information content (AvgIpc) is 3.11. The number of aromatic amines is 1. The van der Waals surface area contributed by atoms with Gasteiger partial charge in [-0.2, -0.15) is 0 Å². The van der Waals surface area contributed by atoms with Crippen molar-refractivity contribution >= 4 is 0 Å². The van der Waals surface area contributed by atoms with Crippen LogP contribution in [0.1, 0.15) is 30.1 Å². The molecule has 2 aromatic heterocycles. The molecule has 1 unspecified atom stereocenters. The smallest absolute Gasteiger partial charge is 0.250 e. The molecule has 0 bridgehead atoms. The fraction of sp³-hybridized carbons (Fsp3) is 0.333. The van der Waals surface area contributed by atoms with E-state index >= 15 is 0 Å². The lowest BCUT2D eigenvalue weighted by atomic mass is 9.94. The summed E-state index contributed by atoms with van der Waals surface area (Å²) in [5, 5.41) is 8.52. The zero-order valence-electron chi connectivity index (χ0n) is 13.9. The van der Waals surface area contributed by atoms with Crippen LogP contribution in [0.5, 0.6) is 0 Å². The number of benzene rings is 1. The standard InChI is InChI=1S/C18H20N6O/c25-18-9-17(19-13-20-18)14-5-4-8-23(10-14)11-15-12-24(22-21-15)16-6-2-1-3-7-16/h1-3,6-7,9,12-14H,4-5,8,10-11H2,(H,19,20,25). The molecular formula is C18H20N6O. The number of piperidine rings is 1. The number of rotatable bonds is 4. The quantitative estimate of drug-likeness (QED) is 0.785. The van der Waals surface area contributed by atoms with Crippen LogP contribution in [0, 0.1) is 0 Å². The second-order valence-electron chi connectivity index (χ2n) is 6.40. The lowest BCUT2D eigenvalue weighted by molar-refractivity contribution is 0.196. The van der Waals surface area contributed by atoms with Gasteiger partial charge >= 0.3 is 0 Å². The first-order valence-corrected chi connectivity index (χ1v) is 8.51. The molecule has 3 aromatic rings. The van der Waals surface area contributed by atoms with Gasteiger partial charge in [0.15, 0.2) is 0 Å². The molecule has 1 atom stereocenters. The zero-order chi connectivity index (χ0) is 17.1. The van der Waals surface area contributed by atoms with E-state index in [-0.39, 0.29) is 5.56 Å². The monoisotopic (exact) mass is 336 g/mol. The fourth-order valence-electron chi connectivity index (χ4n) is 3.35. The van der Waals surface area contributed by atoms with E-state index < -0.39 is 0 Å². The van der Waals surface area contributed by atoms with Gasteiger partial charge < -0.3 is 4.98 Å². The van der Waals surface area contributed by atoms with E-state index in [1.165, 1.54) is 6.33 Å². The number of para-hydroxylation sites is 1. The molecular weight excluding hydrogens is 316 g/mol. The maximum Gasteiger partial charge on any atom is 0.250 e. The van der Waals surface area contributed by atoms with Crippen molar-refractivity contribution in [1.29, 1.82) is 0 Å². The molecule has 0 spiro atoms. The molecule has 25 heavy (non-hydrogen) atoms. The van der Waals surface area contributed by atoms with Crippen LogP contribution >= 0.6 is 0 Å². The SMILES string of the molecule is O=c1cc(C2CCCN(Cc3cn(-c4ccccc4)nn3)C2)nc[nH]1. The van der Waals surface area contributed by atoms with Crippen LogP contribution in [0.2, 0.25) is 0 Å². The number of hydrogen-bond donors (Lipinski definition) is 1. The maximum atomic E-state index is 11.5. The van der Waals surface area contributed by atoms with Crippen LogP contribution in [0.25, 0.3) is 5.69 Å². The second kappa shape index (κ2) is 6.98. The first-order chi connectivity index (χ1) is 12.3. The van der Waals surface area contributed by atoms with Crippen molar-refractivity contribution in [3.05, 3.63) is 70.7 Å². The third-order valence-corrected chi connectivity index (χ3v) is 4.57. The fourth-order valence-corrected chi connectivity index (χ4v) is 3.35. The Morgan fingerprint density at radius 3 is 2.96 bits per heavy atom. The second-order valence-corrected chi connectivity index (χ2v) is 6.40. The number of aromatic nitrogens is 5. The van der Waals surface area contributed by atoms with Crippen molar-refractivity contribution in [1.82, 2.24) is 29.9 Å². The Kier molecular flexibility index (Phi) is 4.39. The minimum atomic E-state index is -0.0899. The summed E-state index contributed by atoms with van der Waals surface area (Å²) in [5.74, 6) is 0.292. The van der Waals surface area contributed by atoms with E-state index in [0.29, 0.717) is 5.92 Å². The largest absolute Gasteiger partial charge is 0.313 e. The molecule has 1 saturated heterocycles. The Morgan fingerprint density at radius 2 is 2.12 bits per heavy atom. The molecule has 128 valence electrons. The summed E-state index contributed by atoms with van der Waals surface area (Å²) in [4.78, 5) is 20.8. The Morgan fingerprint density at radius 1 is 1.24 bits per heavy atom. The molecule has 1 aliphatic rings. The molecule has 1 N–H and O–H groups in total. The normalized spacial score (nSPS) is 18.3. The van der Waals surface area contributed by atoms with Gasteiger partial charge in [-0.25, -0.2) is 9.67 Å². The highest BCUT2D eigenvalue weighted by atomic mass is 16.1. The van der Waals surface area contributed by atoms with E-state index in [2.05, 4.69) is 25.2 Å². The van der Waals surface area contributed by atoms with Gasteiger partial charge in [0.25, 0.3) is 5.56 Å². The Balaban J connectivity index is 1.44. The lowest BCUT2D eigenvalue weighted by Crippen LogP contribution is -2.34. The molecule has 7 heteroatoms. The van der Waals surface area contributed by atoms with Gasteiger partial charge in [0.1, 0.15) is 0 Å². The van der Waals surface area contributed by atoms with E-state index in [1.54, 1.807) is 10.7 Å². The average molecular weight is 336 g/mol. The van der Waals surface area contributed by atoms with Gasteiger partial charge in [0.2, 0.25) is 0 Å². The Labute approximate surface area is 145 Å². The highest BCUT2D eigenvalue weighted by molar-refractivity contribution is 5.29. The molecule has 3 heterocycles. The number of nitrogens with zero attached hydrogens (tertiary/aromatic N) is 5. The summed E-state index contributed by atoms with van der Waals surface area (Å²) in [7, 11) is 0. The third-order valence-electron chi connectivity index (χ3n) is 4.57. The molecule has 0 saturated carbocycles. The van der Waals surface area contributed by atoms with Gasteiger partial charge in [-0.15, -0.1) is 5.10 Å². The van der Waals surface area contributed by atoms with Crippen LogP contribution < -0.4 is 5.56 Å². The van der Waals surface area contributed by atoms with Crippen LogP contribution in [0.4, 0.5) is 0 Å². The van der Waals surface area contributed by atoms with Crippen LogP contribution in [0.15, 0.2) is 53.7 Å². The summed E-state index contributed by atoms with van der Waals surface area (Å²) >= 11 is 0. The first kappa shape index (κ1) is 15.7. The maximum absolute atomic E-state index is 11.5. The van der Waals surface area contributed by atoms with Crippen LogP contribution in [-0.4, -0.2) is 43.0 Å². The lowest BCUT2D eigenvalue weighted by Gasteiger charge is -2.31. The highest BCUT2D eigenvalue weighted by Crippen LogP contribution is 2.25. The van der Waals surface area contributed by atoms with Gasteiger partial charge in [-0.1, -0.05) is 23.4 Å². The van der Waals surface area contributed by atoms with Gasteiger partial charge in [0.05, 0.1) is 29.6 Å². The van der Waals surface area contributed by atoms with E-state index in [4.69, 9.17) is 0 Å². The minimum Gasteiger partial charge on any atom is -0.313 e. The van der Waals surface area contributed by atoms with Gasteiger partial charge in [0, 0.05) is 25.1 Å². The molecule has 0 radical (unpaired) electrons. The predicted octanol–water partition coefficient (Wildman–Crippen LogP) is 1.73. The van der Waals surface area contributed by atoms with Crippen molar-refractivity contribution in [2.45, 2.75) is 25.3 Å². The van der Waals surface area contributed by atoms with Crippen molar-refractivity contribution in [3.8, 4) is 5.69 Å². The number of likely N-dealkylation sites (tertiary alicyclic amines) is 1. The molecule has 1 aliphatic heterocycles.